The topological polar surface area (TPSA) is 21.8 Å². The van der Waals surface area contributed by atoms with Crippen LogP contribution in [0.25, 0.3) is 0 Å². The Kier molecular flexibility index (Phi) is 5.96. The second-order valence-corrected chi connectivity index (χ2v) is 5.98. The zero-order valence-corrected chi connectivity index (χ0v) is 13.4. The lowest BCUT2D eigenvalue weighted by Gasteiger charge is -2.36. The molecule has 1 saturated heterocycles. The summed E-state index contributed by atoms with van der Waals surface area (Å²) in [5.41, 5.74) is 2.01. The maximum Gasteiger partial charge on any atom is 0.125 e. The Morgan fingerprint density at radius 2 is 1.86 bits per heavy atom. The van der Waals surface area contributed by atoms with Crippen molar-refractivity contribution >= 4 is 5.69 Å². The van der Waals surface area contributed by atoms with Gasteiger partial charge in [0.2, 0.25) is 0 Å². The normalized spacial score (nSPS) is 16.7. The molecule has 1 aliphatic heterocycles. The van der Waals surface area contributed by atoms with Crippen molar-refractivity contribution in [2.45, 2.75) is 6.54 Å². The number of nitrogens with zero attached hydrogens (tertiary/aromatic N) is 3. The minimum Gasteiger partial charge on any atom is -0.369 e. The molecule has 0 amide bonds. The lowest BCUT2D eigenvalue weighted by atomic mass is 10.1. The molecule has 0 radical (unpaired) electrons. The fourth-order valence-electron chi connectivity index (χ4n) is 2.69. The van der Waals surface area contributed by atoms with Gasteiger partial charge in [0.1, 0.15) is 5.82 Å². The van der Waals surface area contributed by atoms with E-state index in [0.29, 0.717) is 6.54 Å². The van der Waals surface area contributed by atoms with Crippen molar-refractivity contribution in [1.29, 1.82) is 0 Å². The van der Waals surface area contributed by atoms with E-state index in [2.05, 4.69) is 40.2 Å². The van der Waals surface area contributed by atoms with Crippen LogP contribution >= 0.6 is 0 Å². The molecule has 0 aliphatic carbocycles. The van der Waals surface area contributed by atoms with Crippen LogP contribution in [0.15, 0.2) is 18.2 Å². The number of nitrogens with one attached hydrogen (secondary N) is 1. The summed E-state index contributed by atoms with van der Waals surface area (Å²) in [5, 5.41) is 3.08. The first-order valence-electron chi connectivity index (χ1n) is 7.64. The average Bonchev–Trinajstić information content (AvgIpc) is 2.45. The second-order valence-electron chi connectivity index (χ2n) is 5.98. The smallest absolute Gasteiger partial charge is 0.125 e. The van der Waals surface area contributed by atoms with E-state index in [9.17, 15) is 4.39 Å². The predicted octanol–water partition coefficient (Wildman–Crippen LogP) is 1.23. The van der Waals surface area contributed by atoms with Gasteiger partial charge in [-0.15, -0.1) is 0 Å². The van der Waals surface area contributed by atoms with Crippen LogP contribution in [0, 0.1) is 5.82 Å². The largest absolute Gasteiger partial charge is 0.369 e. The molecule has 1 fully saturated rings. The summed E-state index contributed by atoms with van der Waals surface area (Å²) < 4.78 is 13.7. The van der Waals surface area contributed by atoms with Crippen LogP contribution in [0.1, 0.15) is 5.56 Å². The van der Waals surface area contributed by atoms with Crippen LogP contribution in [-0.2, 0) is 6.54 Å². The summed E-state index contributed by atoms with van der Waals surface area (Å²) in [4.78, 5) is 6.97. The van der Waals surface area contributed by atoms with E-state index < -0.39 is 0 Å². The molecule has 0 unspecified atom stereocenters. The van der Waals surface area contributed by atoms with Gasteiger partial charge in [0.25, 0.3) is 0 Å². The van der Waals surface area contributed by atoms with Gasteiger partial charge in [0, 0.05) is 51.5 Å². The van der Waals surface area contributed by atoms with Gasteiger partial charge < -0.3 is 15.1 Å². The van der Waals surface area contributed by atoms with Crippen LogP contribution in [-0.4, -0.2) is 70.2 Å². The van der Waals surface area contributed by atoms with Crippen molar-refractivity contribution in [2.75, 3.05) is 65.3 Å². The highest BCUT2D eigenvalue weighted by Crippen LogP contribution is 2.20. The molecule has 1 aromatic rings. The number of hydrogen-bond donors (Lipinski definition) is 1. The molecule has 0 bridgehead atoms. The summed E-state index contributed by atoms with van der Waals surface area (Å²) in [6, 6.07) is 5.34. The molecule has 118 valence electrons. The number of anilines is 1. The SMILES string of the molecule is CNCc1cc(F)cc(N2CCN(CCN(C)C)CC2)c1. The van der Waals surface area contributed by atoms with Crippen LogP contribution in [0.2, 0.25) is 0 Å². The maximum absolute atomic E-state index is 13.7. The van der Waals surface area contributed by atoms with Gasteiger partial charge in [0.15, 0.2) is 0 Å². The first-order valence-corrected chi connectivity index (χ1v) is 7.64. The zero-order valence-electron chi connectivity index (χ0n) is 13.4. The molecule has 1 aliphatic rings. The number of rotatable bonds is 6. The molecule has 21 heavy (non-hydrogen) atoms. The molecule has 1 heterocycles. The fraction of sp³-hybridized carbons (Fsp3) is 0.625. The van der Waals surface area contributed by atoms with E-state index in [1.165, 1.54) is 0 Å². The van der Waals surface area contributed by atoms with Gasteiger partial charge in [-0.05, 0) is 44.9 Å². The van der Waals surface area contributed by atoms with Gasteiger partial charge in [-0.25, -0.2) is 4.39 Å². The zero-order chi connectivity index (χ0) is 15.2. The van der Waals surface area contributed by atoms with Crippen LogP contribution in [0.3, 0.4) is 0 Å². The number of benzene rings is 1. The molecule has 0 aromatic heterocycles. The molecular formula is C16H27FN4. The molecule has 1 N–H and O–H groups in total. The Balaban J connectivity index is 1.92. The summed E-state index contributed by atoms with van der Waals surface area (Å²) in [6.45, 7) is 6.93. The van der Waals surface area contributed by atoms with Crippen molar-refractivity contribution in [3.8, 4) is 0 Å². The summed E-state index contributed by atoms with van der Waals surface area (Å²) in [6.07, 6.45) is 0. The van der Waals surface area contributed by atoms with Gasteiger partial charge in [-0.1, -0.05) is 0 Å². The Bertz CT molecular complexity index is 442. The fourth-order valence-corrected chi connectivity index (χ4v) is 2.69. The average molecular weight is 294 g/mol. The van der Waals surface area contributed by atoms with E-state index in [4.69, 9.17) is 0 Å². The number of piperazine rings is 1. The van der Waals surface area contributed by atoms with Crippen molar-refractivity contribution in [3.63, 3.8) is 0 Å². The highest BCUT2D eigenvalue weighted by atomic mass is 19.1. The minimum atomic E-state index is -0.146. The summed E-state index contributed by atoms with van der Waals surface area (Å²) in [7, 11) is 6.09. The van der Waals surface area contributed by atoms with Crippen molar-refractivity contribution in [1.82, 2.24) is 15.1 Å². The van der Waals surface area contributed by atoms with E-state index in [-0.39, 0.29) is 5.82 Å². The first kappa shape index (κ1) is 16.2. The first-order chi connectivity index (χ1) is 10.1. The molecular weight excluding hydrogens is 267 g/mol. The predicted molar refractivity (Wildman–Crippen MR) is 86.4 cm³/mol. The maximum atomic E-state index is 13.7. The Morgan fingerprint density at radius 1 is 1.14 bits per heavy atom. The monoisotopic (exact) mass is 294 g/mol. The molecule has 1 aromatic carbocycles. The van der Waals surface area contributed by atoms with Crippen molar-refractivity contribution in [2.24, 2.45) is 0 Å². The van der Waals surface area contributed by atoms with Crippen LogP contribution in [0.5, 0.6) is 0 Å². The number of hydrogen-bond acceptors (Lipinski definition) is 4. The van der Waals surface area contributed by atoms with E-state index in [1.807, 2.05) is 7.05 Å². The van der Waals surface area contributed by atoms with Crippen molar-refractivity contribution in [3.05, 3.63) is 29.6 Å². The summed E-state index contributed by atoms with van der Waals surface area (Å²) >= 11 is 0. The number of likely N-dealkylation sites (N-methyl/N-ethyl adjacent to an activating group) is 1. The third-order valence-electron chi connectivity index (χ3n) is 3.92. The van der Waals surface area contributed by atoms with E-state index >= 15 is 0 Å². The molecule has 0 atom stereocenters. The lowest BCUT2D eigenvalue weighted by molar-refractivity contribution is 0.229. The minimum absolute atomic E-state index is 0.146. The van der Waals surface area contributed by atoms with Gasteiger partial charge in [-0.3, -0.25) is 4.90 Å². The highest BCUT2D eigenvalue weighted by Gasteiger charge is 2.17. The quantitative estimate of drug-likeness (QED) is 0.852. The van der Waals surface area contributed by atoms with Crippen LogP contribution < -0.4 is 10.2 Å². The molecule has 4 nitrogen and oxygen atoms in total. The Hall–Kier alpha value is -1.17. The molecule has 5 heteroatoms. The number of halogens is 1. The van der Waals surface area contributed by atoms with Gasteiger partial charge in [0.05, 0.1) is 0 Å². The van der Waals surface area contributed by atoms with E-state index in [1.54, 1.807) is 12.1 Å². The summed E-state index contributed by atoms with van der Waals surface area (Å²) in [5.74, 6) is -0.146. The second kappa shape index (κ2) is 7.73. The lowest BCUT2D eigenvalue weighted by Crippen LogP contribution is -2.48. The molecule has 0 saturated carbocycles. The van der Waals surface area contributed by atoms with Crippen LogP contribution in [0.4, 0.5) is 10.1 Å². The third kappa shape index (κ3) is 4.95. The third-order valence-corrected chi connectivity index (χ3v) is 3.92. The Labute approximate surface area is 127 Å². The van der Waals surface area contributed by atoms with Gasteiger partial charge in [-0.2, -0.15) is 0 Å². The van der Waals surface area contributed by atoms with Gasteiger partial charge >= 0.3 is 0 Å². The van der Waals surface area contributed by atoms with E-state index in [0.717, 1.165) is 50.5 Å². The molecule has 2 rings (SSSR count). The van der Waals surface area contributed by atoms with Crippen molar-refractivity contribution < 1.29 is 4.39 Å². The Morgan fingerprint density at radius 3 is 2.48 bits per heavy atom. The highest BCUT2D eigenvalue weighted by molar-refractivity contribution is 5.49. The molecule has 0 spiro atoms. The standard InChI is InChI=1S/C16H27FN4/c1-18-13-14-10-15(17)12-16(11-14)21-8-6-20(7-9-21)5-4-19(2)3/h10-12,18H,4-9,13H2,1-3H3.